The van der Waals surface area contributed by atoms with Gasteiger partial charge >= 0.3 is 0 Å². The number of alkyl halides is 1. The largest absolute Gasteiger partial charge is 0.0851 e. The normalized spacial score (nSPS) is 18.9. The SMILES string of the molecule is CC1(CI)C(c2ccc(Cl)cc2)=C(c2ccc(Cl)cc2)c2ccccc21. The fraction of sp³-hybridized carbons (Fsp3) is 0.130. The van der Waals surface area contributed by atoms with Crippen molar-refractivity contribution in [1.29, 1.82) is 0 Å². The van der Waals surface area contributed by atoms with Crippen LogP contribution in [0, 0.1) is 0 Å². The molecule has 0 nitrogen and oxygen atoms in total. The van der Waals surface area contributed by atoms with E-state index >= 15 is 0 Å². The fourth-order valence-electron chi connectivity index (χ4n) is 3.86. The van der Waals surface area contributed by atoms with E-state index in [4.69, 9.17) is 23.2 Å². The van der Waals surface area contributed by atoms with Crippen LogP contribution in [-0.4, -0.2) is 4.43 Å². The monoisotopic (exact) mass is 490 g/mol. The van der Waals surface area contributed by atoms with Crippen LogP contribution < -0.4 is 0 Å². The Morgan fingerprint density at radius 1 is 0.769 bits per heavy atom. The number of benzene rings is 3. The Morgan fingerprint density at radius 3 is 1.88 bits per heavy atom. The lowest BCUT2D eigenvalue weighted by Gasteiger charge is -2.28. The van der Waals surface area contributed by atoms with E-state index in [1.807, 2.05) is 24.3 Å². The predicted octanol–water partition coefficient (Wildman–Crippen LogP) is 7.66. The Labute approximate surface area is 178 Å². The predicted molar refractivity (Wildman–Crippen MR) is 122 cm³/mol. The van der Waals surface area contributed by atoms with Crippen LogP contribution in [0.1, 0.15) is 29.2 Å². The fourth-order valence-corrected chi connectivity index (χ4v) is 4.91. The van der Waals surface area contributed by atoms with Crippen LogP contribution in [-0.2, 0) is 5.41 Å². The highest BCUT2D eigenvalue weighted by atomic mass is 127. The molecule has 3 aromatic rings. The van der Waals surface area contributed by atoms with E-state index in [9.17, 15) is 0 Å². The second-order valence-electron chi connectivity index (χ2n) is 6.78. The molecule has 4 rings (SSSR count). The molecule has 0 fully saturated rings. The molecule has 0 saturated carbocycles. The van der Waals surface area contributed by atoms with Gasteiger partial charge in [0.25, 0.3) is 0 Å². The molecule has 0 amide bonds. The molecule has 3 aromatic carbocycles. The maximum atomic E-state index is 6.15. The highest BCUT2D eigenvalue weighted by Crippen LogP contribution is 2.54. The maximum Gasteiger partial charge on any atom is 0.0406 e. The molecule has 0 radical (unpaired) electrons. The van der Waals surface area contributed by atoms with Gasteiger partial charge in [0.05, 0.1) is 0 Å². The Hall–Kier alpha value is -1.29. The molecular formula is C23H17Cl2I. The first kappa shape index (κ1) is 18.1. The van der Waals surface area contributed by atoms with Crippen LogP contribution in [0.25, 0.3) is 11.1 Å². The summed E-state index contributed by atoms with van der Waals surface area (Å²) in [7, 11) is 0. The zero-order valence-corrected chi connectivity index (χ0v) is 17.9. The summed E-state index contributed by atoms with van der Waals surface area (Å²) in [5.41, 5.74) is 7.68. The van der Waals surface area contributed by atoms with Gasteiger partial charge in [-0.05, 0) is 57.7 Å². The van der Waals surface area contributed by atoms with Gasteiger partial charge in [-0.1, -0.05) is 101 Å². The van der Waals surface area contributed by atoms with Crippen molar-refractivity contribution in [2.24, 2.45) is 0 Å². The molecule has 3 heteroatoms. The summed E-state index contributed by atoms with van der Waals surface area (Å²) in [6.07, 6.45) is 0. The van der Waals surface area contributed by atoms with E-state index in [0.717, 1.165) is 14.5 Å². The van der Waals surface area contributed by atoms with Gasteiger partial charge in [0.1, 0.15) is 0 Å². The van der Waals surface area contributed by atoms with Crippen molar-refractivity contribution in [3.05, 3.63) is 105 Å². The lowest BCUT2D eigenvalue weighted by atomic mass is 9.78. The van der Waals surface area contributed by atoms with Crippen LogP contribution in [0.15, 0.2) is 72.8 Å². The molecule has 1 aliphatic carbocycles. The zero-order chi connectivity index (χ0) is 18.3. The van der Waals surface area contributed by atoms with Gasteiger partial charge in [0.2, 0.25) is 0 Å². The molecule has 0 bridgehead atoms. The average Bonchev–Trinajstić information content (AvgIpc) is 2.93. The summed E-state index contributed by atoms with van der Waals surface area (Å²) in [4.78, 5) is 0. The minimum absolute atomic E-state index is 0.0556. The molecule has 0 aliphatic heterocycles. The Balaban J connectivity index is 2.06. The molecule has 0 heterocycles. The van der Waals surface area contributed by atoms with E-state index in [0.29, 0.717) is 0 Å². The standard InChI is InChI=1S/C23H17Cl2I/c1-23(14-26)20-5-3-2-4-19(20)21(15-6-10-17(24)11-7-15)22(23)16-8-12-18(25)13-9-16/h2-13H,14H2,1H3. The van der Waals surface area contributed by atoms with Gasteiger partial charge < -0.3 is 0 Å². The summed E-state index contributed by atoms with van der Waals surface area (Å²) in [5, 5.41) is 1.51. The number of allylic oxidation sites excluding steroid dienone is 1. The number of hydrogen-bond donors (Lipinski definition) is 0. The summed E-state index contributed by atoms with van der Waals surface area (Å²) >= 11 is 14.8. The van der Waals surface area contributed by atoms with Crippen molar-refractivity contribution in [3.8, 4) is 0 Å². The van der Waals surface area contributed by atoms with Crippen LogP contribution in [0.2, 0.25) is 10.0 Å². The maximum absolute atomic E-state index is 6.15. The second-order valence-corrected chi connectivity index (χ2v) is 8.41. The molecule has 26 heavy (non-hydrogen) atoms. The van der Waals surface area contributed by atoms with Crippen LogP contribution in [0.5, 0.6) is 0 Å². The summed E-state index contributed by atoms with van der Waals surface area (Å²) in [5.74, 6) is 0. The van der Waals surface area contributed by atoms with Gasteiger partial charge in [-0.3, -0.25) is 0 Å². The molecule has 0 aromatic heterocycles. The molecule has 0 spiro atoms. The number of hydrogen-bond acceptors (Lipinski definition) is 0. The second kappa shape index (κ2) is 7.03. The molecule has 0 N–H and O–H groups in total. The summed E-state index contributed by atoms with van der Waals surface area (Å²) in [6.45, 7) is 2.34. The van der Waals surface area contributed by atoms with Gasteiger partial charge in [-0.15, -0.1) is 0 Å². The van der Waals surface area contributed by atoms with Gasteiger partial charge in [0, 0.05) is 19.9 Å². The van der Waals surface area contributed by atoms with Crippen molar-refractivity contribution in [2.45, 2.75) is 12.3 Å². The quantitative estimate of drug-likeness (QED) is 0.261. The minimum Gasteiger partial charge on any atom is -0.0851 e. The highest BCUT2D eigenvalue weighted by Gasteiger charge is 2.41. The smallest absolute Gasteiger partial charge is 0.0406 e. The third kappa shape index (κ3) is 2.90. The van der Waals surface area contributed by atoms with Crippen molar-refractivity contribution in [3.63, 3.8) is 0 Å². The first-order valence-electron chi connectivity index (χ1n) is 8.47. The van der Waals surface area contributed by atoms with Gasteiger partial charge in [0.15, 0.2) is 0 Å². The van der Waals surface area contributed by atoms with Gasteiger partial charge in [-0.2, -0.15) is 0 Å². The number of rotatable bonds is 3. The lowest BCUT2D eigenvalue weighted by Crippen LogP contribution is -2.23. The Kier molecular flexibility index (Phi) is 4.89. The van der Waals surface area contributed by atoms with Crippen molar-refractivity contribution >= 4 is 56.9 Å². The van der Waals surface area contributed by atoms with Crippen molar-refractivity contribution in [2.75, 3.05) is 4.43 Å². The van der Waals surface area contributed by atoms with Crippen LogP contribution in [0.4, 0.5) is 0 Å². The topological polar surface area (TPSA) is 0 Å². The number of halogens is 3. The molecular weight excluding hydrogens is 474 g/mol. The van der Waals surface area contributed by atoms with Gasteiger partial charge in [-0.25, -0.2) is 0 Å². The van der Waals surface area contributed by atoms with E-state index in [1.165, 1.54) is 33.4 Å². The van der Waals surface area contributed by atoms with E-state index < -0.39 is 0 Å². The molecule has 1 aliphatic rings. The zero-order valence-electron chi connectivity index (χ0n) is 14.3. The Bertz CT molecular complexity index is 987. The van der Waals surface area contributed by atoms with Crippen molar-refractivity contribution < 1.29 is 0 Å². The summed E-state index contributed by atoms with van der Waals surface area (Å²) in [6, 6.07) is 25.1. The van der Waals surface area contributed by atoms with E-state index in [2.05, 4.69) is 78.0 Å². The highest BCUT2D eigenvalue weighted by molar-refractivity contribution is 14.1. The Morgan fingerprint density at radius 2 is 1.31 bits per heavy atom. The number of fused-ring (bicyclic) bond motifs is 1. The van der Waals surface area contributed by atoms with E-state index in [-0.39, 0.29) is 5.41 Å². The average molecular weight is 491 g/mol. The lowest BCUT2D eigenvalue weighted by molar-refractivity contribution is 0.729. The van der Waals surface area contributed by atoms with E-state index in [1.54, 1.807) is 0 Å². The molecule has 1 unspecified atom stereocenters. The third-order valence-corrected chi connectivity index (χ3v) is 7.16. The molecule has 0 saturated heterocycles. The first-order chi connectivity index (χ1) is 12.5. The third-order valence-electron chi connectivity index (χ3n) is 5.13. The van der Waals surface area contributed by atoms with Crippen LogP contribution in [0.3, 0.4) is 0 Å². The van der Waals surface area contributed by atoms with Crippen LogP contribution >= 0.6 is 45.8 Å². The first-order valence-corrected chi connectivity index (χ1v) is 10.8. The molecule has 130 valence electrons. The minimum atomic E-state index is -0.0556. The molecule has 1 atom stereocenters. The van der Waals surface area contributed by atoms with Crippen molar-refractivity contribution in [1.82, 2.24) is 0 Å². The summed E-state index contributed by atoms with van der Waals surface area (Å²) < 4.78 is 0.997.